The summed E-state index contributed by atoms with van der Waals surface area (Å²) in [5.41, 5.74) is 6.28. The molecule has 24 heavy (non-hydrogen) atoms. The Kier molecular flexibility index (Phi) is 3.46. The Bertz CT molecular complexity index is 988. The number of nitrogens with one attached hydrogen (secondary N) is 1. The first kappa shape index (κ1) is 14.4. The molecule has 5 nitrogen and oxygen atoms in total. The zero-order chi connectivity index (χ0) is 16.5. The number of nitrogens with zero attached hydrogens (tertiary/aromatic N) is 3. The Hall–Kier alpha value is -3.21. The molecular weight excluding hydrogens is 300 g/mol. The van der Waals surface area contributed by atoms with Crippen LogP contribution in [-0.2, 0) is 0 Å². The summed E-state index contributed by atoms with van der Waals surface area (Å²) in [4.78, 5) is 8.64. The number of hydrogen-bond acceptors (Lipinski definition) is 5. The molecule has 0 bridgehead atoms. The Morgan fingerprint density at radius 2 is 1.50 bits per heavy atom. The average molecular weight is 316 g/mol. The fourth-order valence-electron chi connectivity index (χ4n) is 2.53. The topological polar surface area (TPSA) is 63.8 Å². The molecule has 2 aromatic heterocycles. The number of aromatic nitrogens is 3. The van der Waals surface area contributed by atoms with E-state index in [1.165, 1.54) is 17.5 Å². The smallest absolute Gasteiger partial charge is 0.228 e. The average Bonchev–Trinajstić information content (AvgIpc) is 3.03. The van der Waals surface area contributed by atoms with Gasteiger partial charge in [-0.05, 0) is 26.0 Å². The van der Waals surface area contributed by atoms with E-state index in [0.29, 0.717) is 16.9 Å². The number of hydrogen-bond donors (Lipinski definition) is 1. The van der Waals surface area contributed by atoms with Gasteiger partial charge in [0.25, 0.3) is 0 Å². The first-order chi connectivity index (χ1) is 11.7. The molecule has 1 N–H and O–H groups in total. The highest BCUT2D eigenvalue weighted by Gasteiger charge is 2.16. The lowest BCUT2D eigenvalue weighted by Crippen LogP contribution is -1.95. The van der Waals surface area contributed by atoms with Crippen molar-refractivity contribution in [3.05, 3.63) is 66.0 Å². The summed E-state index contributed by atoms with van der Waals surface area (Å²) in [7, 11) is 0. The summed E-state index contributed by atoms with van der Waals surface area (Å²) in [6, 6.07) is 16.2. The largest absolute Gasteiger partial charge is 0.350 e. The molecule has 2 aromatic carbocycles. The lowest BCUT2D eigenvalue weighted by Gasteiger charge is -2.05. The van der Waals surface area contributed by atoms with Crippen molar-refractivity contribution in [3.63, 3.8) is 0 Å². The third-order valence-corrected chi connectivity index (χ3v) is 3.90. The van der Waals surface area contributed by atoms with Gasteiger partial charge >= 0.3 is 0 Å². The molecule has 0 aliphatic carbocycles. The van der Waals surface area contributed by atoms with E-state index in [1.54, 1.807) is 0 Å². The van der Waals surface area contributed by atoms with Gasteiger partial charge in [-0.15, -0.1) is 0 Å². The summed E-state index contributed by atoms with van der Waals surface area (Å²) in [6.07, 6.45) is 1.52. The highest BCUT2D eigenvalue weighted by molar-refractivity contribution is 5.94. The lowest BCUT2D eigenvalue weighted by molar-refractivity contribution is 0.459. The molecule has 5 heteroatoms. The van der Waals surface area contributed by atoms with Gasteiger partial charge in [-0.25, -0.2) is 9.97 Å². The van der Waals surface area contributed by atoms with Gasteiger partial charge in [0.15, 0.2) is 5.82 Å². The van der Waals surface area contributed by atoms with Crippen molar-refractivity contribution in [2.24, 2.45) is 0 Å². The summed E-state index contributed by atoms with van der Waals surface area (Å²) >= 11 is 0. The predicted octanol–water partition coefficient (Wildman–Crippen LogP) is 4.65. The van der Waals surface area contributed by atoms with Crippen LogP contribution in [0.15, 0.2) is 59.4 Å². The van der Waals surface area contributed by atoms with E-state index < -0.39 is 0 Å². The highest BCUT2D eigenvalue weighted by atomic mass is 16.5. The summed E-state index contributed by atoms with van der Waals surface area (Å²) in [5.74, 6) is 0.606. The van der Waals surface area contributed by atoms with Crippen LogP contribution < -0.4 is 5.32 Å². The Labute approximate surface area is 139 Å². The quantitative estimate of drug-likeness (QED) is 0.596. The van der Waals surface area contributed by atoms with Crippen LogP contribution in [0.25, 0.3) is 22.4 Å². The van der Waals surface area contributed by atoms with Crippen LogP contribution in [0.4, 0.5) is 11.5 Å². The molecule has 4 rings (SSSR count). The van der Waals surface area contributed by atoms with Crippen molar-refractivity contribution < 1.29 is 4.52 Å². The number of fused-ring (bicyclic) bond motifs is 1. The van der Waals surface area contributed by atoms with Gasteiger partial charge in [0, 0.05) is 11.3 Å². The van der Waals surface area contributed by atoms with Crippen LogP contribution in [0.2, 0.25) is 0 Å². The van der Waals surface area contributed by atoms with E-state index in [2.05, 4.69) is 34.3 Å². The number of anilines is 2. The molecule has 4 aromatic rings. The van der Waals surface area contributed by atoms with Gasteiger partial charge in [-0.1, -0.05) is 52.7 Å². The molecule has 2 heterocycles. The third-order valence-electron chi connectivity index (χ3n) is 3.90. The number of rotatable bonds is 3. The van der Waals surface area contributed by atoms with Crippen molar-refractivity contribution in [2.75, 3.05) is 5.32 Å². The molecule has 0 radical (unpaired) electrons. The first-order valence-corrected chi connectivity index (χ1v) is 7.72. The van der Waals surface area contributed by atoms with E-state index in [-0.39, 0.29) is 0 Å². The van der Waals surface area contributed by atoms with Crippen LogP contribution in [0, 0.1) is 13.8 Å². The molecule has 0 amide bonds. The monoisotopic (exact) mass is 316 g/mol. The standard InChI is InChI=1S/C19H16N4O/c1-12-3-7-14(8-4-12)16-17-18(24-23-16)19(21-11-20-17)22-15-9-5-13(2)6-10-15/h3-11H,1-2H3,(H,20,21,22). The Morgan fingerprint density at radius 3 is 2.21 bits per heavy atom. The molecular formula is C19H16N4O. The minimum atomic E-state index is 0.550. The SMILES string of the molecule is Cc1ccc(Nc2ncnc3c(-c4ccc(C)cc4)noc23)cc1. The first-order valence-electron chi connectivity index (χ1n) is 7.72. The van der Waals surface area contributed by atoms with Gasteiger partial charge in [0.05, 0.1) is 0 Å². The van der Waals surface area contributed by atoms with Crippen molar-refractivity contribution in [3.8, 4) is 11.3 Å². The van der Waals surface area contributed by atoms with Crippen LogP contribution in [0.1, 0.15) is 11.1 Å². The number of aryl methyl sites for hydroxylation is 2. The van der Waals surface area contributed by atoms with Crippen LogP contribution in [0.5, 0.6) is 0 Å². The van der Waals surface area contributed by atoms with Crippen LogP contribution in [-0.4, -0.2) is 15.1 Å². The van der Waals surface area contributed by atoms with Gasteiger partial charge in [-0.2, -0.15) is 0 Å². The zero-order valence-electron chi connectivity index (χ0n) is 13.4. The Morgan fingerprint density at radius 1 is 0.833 bits per heavy atom. The van der Waals surface area contributed by atoms with Gasteiger partial charge in [0.1, 0.15) is 17.5 Å². The summed E-state index contributed by atoms with van der Waals surface area (Å²) < 4.78 is 5.52. The molecule has 0 spiro atoms. The number of benzene rings is 2. The van der Waals surface area contributed by atoms with Crippen LogP contribution in [0.3, 0.4) is 0 Å². The van der Waals surface area contributed by atoms with Crippen LogP contribution >= 0.6 is 0 Å². The van der Waals surface area contributed by atoms with E-state index in [0.717, 1.165) is 16.9 Å². The maximum absolute atomic E-state index is 5.52. The van der Waals surface area contributed by atoms with E-state index in [4.69, 9.17) is 4.52 Å². The maximum atomic E-state index is 5.52. The fourth-order valence-corrected chi connectivity index (χ4v) is 2.53. The Balaban J connectivity index is 1.76. The van der Waals surface area contributed by atoms with Crippen molar-refractivity contribution >= 4 is 22.6 Å². The molecule has 0 saturated carbocycles. The normalized spacial score (nSPS) is 10.9. The van der Waals surface area contributed by atoms with Crippen molar-refractivity contribution in [1.29, 1.82) is 0 Å². The van der Waals surface area contributed by atoms with Crippen molar-refractivity contribution in [1.82, 2.24) is 15.1 Å². The zero-order valence-corrected chi connectivity index (χ0v) is 13.4. The molecule has 0 aliphatic heterocycles. The van der Waals surface area contributed by atoms with E-state index in [9.17, 15) is 0 Å². The maximum Gasteiger partial charge on any atom is 0.228 e. The van der Waals surface area contributed by atoms with E-state index >= 15 is 0 Å². The second kappa shape index (κ2) is 5.77. The molecule has 0 aliphatic rings. The van der Waals surface area contributed by atoms with Gasteiger partial charge in [-0.3, -0.25) is 0 Å². The molecule has 0 fully saturated rings. The van der Waals surface area contributed by atoms with Crippen molar-refractivity contribution in [2.45, 2.75) is 13.8 Å². The molecule has 0 atom stereocenters. The molecule has 0 unspecified atom stereocenters. The van der Waals surface area contributed by atoms with Gasteiger partial charge in [0.2, 0.25) is 5.58 Å². The van der Waals surface area contributed by atoms with Gasteiger partial charge < -0.3 is 9.84 Å². The summed E-state index contributed by atoms with van der Waals surface area (Å²) in [5, 5.41) is 7.46. The lowest BCUT2D eigenvalue weighted by atomic mass is 10.1. The molecule has 118 valence electrons. The summed E-state index contributed by atoms with van der Waals surface area (Å²) in [6.45, 7) is 4.10. The minimum Gasteiger partial charge on any atom is -0.350 e. The van der Waals surface area contributed by atoms with E-state index in [1.807, 2.05) is 48.5 Å². The second-order valence-corrected chi connectivity index (χ2v) is 5.79. The fraction of sp³-hybridized carbons (Fsp3) is 0.105. The second-order valence-electron chi connectivity index (χ2n) is 5.79. The third kappa shape index (κ3) is 2.60. The molecule has 0 saturated heterocycles. The predicted molar refractivity (Wildman–Crippen MR) is 94.2 cm³/mol. The highest BCUT2D eigenvalue weighted by Crippen LogP contribution is 2.30. The minimum absolute atomic E-state index is 0.550.